The third kappa shape index (κ3) is 3.52. The van der Waals surface area contributed by atoms with Gasteiger partial charge in [-0.05, 0) is 6.92 Å². The van der Waals surface area contributed by atoms with Gasteiger partial charge < -0.3 is 23.8 Å². The van der Waals surface area contributed by atoms with Gasteiger partial charge in [-0.3, -0.25) is 14.8 Å². The van der Waals surface area contributed by atoms with E-state index < -0.39 is 48.0 Å². The predicted octanol–water partition coefficient (Wildman–Crippen LogP) is -0.718. The third-order valence-electron chi connectivity index (χ3n) is 3.25. The molecule has 0 spiro atoms. The zero-order valence-corrected chi connectivity index (χ0v) is 12.8. The molecule has 2 aliphatic rings. The van der Waals surface area contributed by atoms with E-state index in [4.69, 9.17) is 23.8 Å². The van der Waals surface area contributed by atoms with Crippen molar-refractivity contribution in [3.05, 3.63) is 5.21 Å². The number of ether oxygens (including phenoxy) is 4. The number of carbonyl (C=O) groups excluding carboxylic acids is 3. The Morgan fingerprint density at radius 2 is 1.91 bits per heavy atom. The molecule has 2 rings (SSSR count). The largest absolute Gasteiger partial charge is 0.458 e. The first kappa shape index (κ1) is 17.0. The lowest BCUT2D eigenvalue weighted by atomic mass is 9.90. The Morgan fingerprint density at radius 3 is 2.48 bits per heavy atom. The van der Waals surface area contributed by atoms with Gasteiger partial charge in [-0.1, -0.05) is 0 Å². The predicted molar refractivity (Wildman–Crippen MR) is 70.7 cm³/mol. The zero-order chi connectivity index (χ0) is 17.1. The molecule has 23 heavy (non-hydrogen) atoms. The Morgan fingerprint density at radius 1 is 1.26 bits per heavy atom. The van der Waals surface area contributed by atoms with Crippen molar-refractivity contribution in [2.45, 2.75) is 39.3 Å². The van der Waals surface area contributed by atoms with Gasteiger partial charge in [0.1, 0.15) is 5.92 Å². The standard InChI is InChI=1S/C13H17NO9/c1-4-19-12(17)10-9-11(22-7(3)16)8(21-6(2)15)5-20-13(9)23-14(10)18/h8-9,11,13H,4-5H2,1-3H3/t8-,9-,11+,13-/m1/s1. The lowest BCUT2D eigenvalue weighted by molar-refractivity contribution is -0.752. The number of hydrogen-bond donors (Lipinski definition) is 0. The number of esters is 3. The summed E-state index contributed by atoms with van der Waals surface area (Å²) in [5, 5.41) is 11.8. The summed E-state index contributed by atoms with van der Waals surface area (Å²) in [7, 11) is 0. The number of fused-ring (bicyclic) bond motifs is 1. The molecule has 128 valence electrons. The maximum atomic E-state index is 12.0. The van der Waals surface area contributed by atoms with E-state index in [1.54, 1.807) is 6.92 Å². The molecule has 0 radical (unpaired) electrons. The molecule has 2 aliphatic heterocycles. The molecule has 0 aromatic rings. The second-order valence-corrected chi connectivity index (χ2v) is 4.92. The molecule has 0 bridgehead atoms. The Bertz CT molecular complexity index is 544. The highest BCUT2D eigenvalue weighted by atomic mass is 16.9. The van der Waals surface area contributed by atoms with E-state index in [0.717, 1.165) is 6.92 Å². The van der Waals surface area contributed by atoms with Gasteiger partial charge in [0.05, 0.1) is 18.1 Å². The van der Waals surface area contributed by atoms with Crippen molar-refractivity contribution in [3.63, 3.8) is 0 Å². The van der Waals surface area contributed by atoms with E-state index in [1.165, 1.54) is 6.92 Å². The normalized spacial score (nSPS) is 29.3. The average Bonchev–Trinajstić information content (AvgIpc) is 2.77. The van der Waals surface area contributed by atoms with Crippen LogP contribution in [-0.2, 0) is 38.2 Å². The maximum absolute atomic E-state index is 12.0. The van der Waals surface area contributed by atoms with Gasteiger partial charge >= 0.3 is 23.6 Å². The van der Waals surface area contributed by atoms with Crippen LogP contribution >= 0.6 is 0 Å². The van der Waals surface area contributed by atoms with Crippen LogP contribution < -0.4 is 0 Å². The van der Waals surface area contributed by atoms with Crippen molar-refractivity contribution in [1.29, 1.82) is 0 Å². The summed E-state index contributed by atoms with van der Waals surface area (Å²) in [5.74, 6) is -3.27. The van der Waals surface area contributed by atoms with E-state index in [1.807, 2.05) is 0 Å². The van der Waals surface area contributed by atoms with Crippen molar-refractivity contribution >= 4 is 23.6 Å². The van der Waals surface area contributed by atoms with Crippen molar-refractivity contribution in [2.75, 3.05) is 13.2 Å². The van der Waals surface area contributed by atoms with E-state index >= 15 is 0 Å². The van der Waals surface area contributed by atoms with Gasteiger partial charge in [0.15, 0.2) is 18.5 Å². The molecule has 0 amide bonds. The van der Waals surface area contributed by atoms with Crippen LogP contribution in [-0.4, -0.2) is 60.2 Å². The number of rotatable bonds is 4. The Kier molecular flexibility index (Phi) is 5.04. The van der Waals surface area contributed by atoms with Crippen LogP contribution in [0.1, 0.15) is 20.8 Å². The Labute approximate surface area is 131 Å². The fourth-order valence-electron chi connectivity index (χ4n) is 2.50. The molecule has 0 saturated carbocycles. The van der Waals surface area contributed by atoms with Crippen LogP contribution in [0.25, 0.3) is 0 Å². The van der Waals surface area contributed by atoms with Crippen LogP contribution in [0.2, 0.25) is 0 Å². The van der Waals surface area contributed by atoms with E-state index in [0.29, 0.717) is 0 Å². The highest BCUT2D eigenvalue weighted by Crippen LogP contribution is 2.32. The Balaban J connectivity index is 2.33. The van der Waals surface area contributed by atoms with Gasteiger partial charge in [-0.2, -0.15) is 0 Å². The molecule has 2 heterocycles. The SMILES string of the molecule is CCOC(=O)C1=[N+]([O-])O[C@H]2OC[C@@H](OC(C)=O)[C@H](OC(C)=O)[C@@H]12. The van der Waals surface area contributed by atoms with E-state index in [9.17, 15) is 19.6 Å². The summed E-state index contributed by atoms with van der Waals surface area (Å²) in [4.78, 5) is 39.4. The van der Waals surface area contributed by atoms with Crippen LogP contribution in [0.4, 0.5) is 0 Å². The molecule has 0 aromatic heterocycles. The molecule has 1 saturated heterocycles. The minimum absolute atomic E-state index is 0.0139. The molecule has 1 fully saturated rings. The molecular formula is C13H17NO9. The first-order valence-electron chi connectivity index (χ1n) is 6.99. The lowest BCUT2D eigenvalue weighted by Gasteiger charge is -2.36. The molecule has 10 nitrogen and oxygen atoms in total. The summed E-state index contributed by atoms with van der Waals surface area (Å²) in [6.45, 7) is 3.80. The smallest absolute Gasteiger partial charge is 0.405 e. The first-order chi connectivity index (χ1) is 10.8. The highest BCUT2D eigenvalue weighted by Gasteiger charge is 2.57. The average molecular weight is 331 g/mol. The summed E-state index contributed by atoms with van der Waals surface area (Å²) < 4.78 is 20.3. The quantitative estimate of drug-likeness (QED) is 0.373. The molecule has 10 heteroatoms. The zero-order valence-electron chi connectivity index (χ0n) is 12.8. The molecule has 0 aromatic carbocycles. The number of nitrogens with zero attached hydrogens (tertiary/aromatic N) is 1. The molecule has 4 atom stereocenters. The van der Waals surface area contributed by atoms with Gasteiger partial charge in [0.2, 0.25) is 0 Å². The van der Waals surface area contributed by atoms with Gasteiger partial charge in [0, 0.05) is 13.8 Å². The molecule has 0 N–H and O–H groups in total. The molecular weight excluding hydrogens is 314 g/mol. The molecule has 0 unspecified atom stereocenters. The monoisotopic (exact) mass is 331 g/mol. The van der Waals surface area contributed by atoms with Crippen molar-refractivity contribution in [3.8, 4) is 0 Å². The van der Waals surface area contributed by atoms with Crippen LogP contribution in [0.5, 0.6) is 0 Å². The number of carbonyl (C=O) groups is 3. The maximum Gasteiger partial charge on any atom is 0.405 e. The second kappa shape index (κ2) is 6.82. The summed E-state index contributed by atoms with van der Waals surface area (Å²) >= 11 is 0. The molecule has 0 aliphatic carbocycles. The fraction of sp³-hybridized carbons (Fsp3) is 0.692. The second-order valence-electron chi connectivity index (χ2n) is 4.92. The van der Waals surface area contributed by atoms with Crippen LogP contribution in [0, 0.1) is 11.1 Å². The van der Waals surface area contributed by atoms with Crippen molar-refractivity contribution in [2.24, 2.45) is 5.92 Å². The van der Waals surface area contributed by atoms with Crippen LogP contribution in [0.3, 0.4) is 0 Å². The summed E-state index contributed by atoms with van der Waals surface area (Å²) in [6.07, 6.45) is -3.21. The topological polar surface area (TPSA) is 123 Å². The summed E-state index contributed by atoms with van der Waals surface area (Å²) in [5.41, 5.74) is -0.403. The highest BCUT2D eigenvalue weighted by molar-refractivity contribution is 6.35. The lowest BCUT2D eigenvalue weighted by Crippen LogP contribution is -2.55. The minimum Gasteiger partial charge on any atom is -0.458 e. The van der Waals surface area contributed by atoms with Gasteiger partial charge in [-0.25, -0.2) is 4.79 Å². The van der Waals surface area contributed by atoms with Crippen LogP contribution in [0.15, 0.2) is 0 Å². The fourth-order valence-corrected chi connectivity index (χ4v) is 2.50. The summed E-state index contributed by atoms with van der Waals surface area (Å²) in [6, 6.07) is 0. The Hall–Kier alpha value is -2.36. The first-order valence-corrected chi connectivity index (χ1v) is 6.99. The van der Waals surface area contributed by atoms with Crippen molar-refractivity contribution in [1.82, 2.24) is 0 Å². The minimum atomic E-state index is -1.14. The van der Waals surface area contributed by atoms with Gasteiger partial charge in [-0.15, -0.1) is 0 Å². The van der Waals surface area contributed by atoms with Crippen molar-refractivity contribution < 1.29 is 43.1 Å². The van der Waals surface area contributed by atoms with E-state index in [2.05, 4.69) is 0 Å². The number of hydrogen-bond acceptors (Lipinski definition) is 9. The van der Waals surface area contributed by atoms with Gasteiger partial charge in [0.25, 0.3) is 0 Å². The van der Waals surface area contributed by atoms with E-state index in [-0.39, 0.29) is 18.1 Å². The third-order valence-corrected chi connectivity index (χ3v) is 3.25.